The van der Waals surface area contributed by atoms with Crippen molar-refractivity contribution < 1.29 is 4.79 Å². The van der Waals surface area contributed by atoms with Gasteiger partial charge in [0.25, 0.3) is 5.91 Å². The van der Waals surface area contributed by atoms with Crippen molar-refractivity contribution in [1.82, 2.24) is 19.9 Å². The van der Waals surface area contributed by atoms with Crippen molar-refractivity contribution in [3.05, 3.63) is 41.7 Å². The highest BCUT2D eigenvalue weighted by Gasteiger charge is 2.27. The number of rotatable bonds is 3. The van der Waals surface area contributed by atoms with Gasteiger partial charge in [-0.1, -0.05) is 17.3 Å². The molecule has 2 heterocycles. The third-order valence-corrected chi connectivity index (χ3v) is 4.47. The van der Waals surface area contributed by atoms with Crippen LogP contribution in [0.2, 0.25) is 0 Å². The fourth-order valence-electron chi connectivity index (χ4n) is 3.04. The molecule has 3 rings (SSSR count). The lowest BCUT2D eigenvalue weighted by atomic mass is 9.92. The molecule has 1 aliphatic rings. The molecule has 2 aromatic rings. The maximum Gasteiger partial charge on any atom is 0.276 e. The fraction of sp³-hybridized carbons (Fsp3) is 0.471. The van der Waals surface area contributed by atoms with Crippen LogP contribution in [0.15, 0.2) is 30.5 Å². The van der Waals surface area contributed by atoms with Crippen LogP contribution in [0.3, 0.4) is 0 Å². The highest BCUT2D eigenvalue weighted by molar-refractivity contribution is 5.92. The minimum absolute atomic E-state index is 0. The lowest BCUT2D eigenvalue weighted by molar-refractivity contribution is 0.0655. The average molecular weight is 350 g/mol. The number of aryl methyl sites for hydroxylation is 1. The van der Waals surface area contributed by atoms with Gasteiger partial charge >= 0.3 is 0 Å². The predicted molar refractivity (Wildman–Crippen MR) is 95.6 cm³/mol. The minimum Gasteiger partial charge on any atom is -0.337 e. The topological polar surface area (TPSA) is 77.0 Å². The number of halogens is 1. The van der Waals surface area contributed by atoms with Crippen molar-refractivity contribution >= 4 is 18.3 Å². The highest BCUT2D eigenvalue weighted by atomic mass is 35.5. The van der Waals surface area contributed by atoms with Gasteiger partial charge in [0.15, 0.2) is 5.69 Å². The molecule has 1 amide bonds. The Hall–Kier alpha value is -1.92. The maximum absolute atomic E-state index is 12.6. The van der Waals surface area contributed by atoms with E-state index in [1.165, 1.54) is 0 Å². The zero-order valence-corrected chi connectivity index (χ0v) is 14.9. The summed E-state index contributed by atoms with van der Waals surface area (Å²) in [4.78, 5) is 14.5. The molecule has 2 unspecified atom stereocenters. The third kappa shape index (κ3) is 3.94. The largest absolute Gasteiger partial charge is 0.337 e. The molecule has 1 saturated heterocycles. The fourth-order valence-corrected chi connectivity index (χ4v) is 3.04. The molecule has 0 bridgehead atoms. The van der Waals surface area contributed by atoms with Gasteiger partial charge < -0.3 is 10.6 Å². The van der Waals surface area contributed by atoms with Crippen LogP contribution in [0, 0.1) is 12.8 Å². The predicted octanol–water partition coefficient (Wildman–Crippen LogP) is 2.20. The van der Waals surface area contributed by atoms with E-state index < -0.39 is 0 Å². The standard InChI is InChI=1S/C17H23N5O.ClH/c1-12-5-3-7-15(9-12)22-11-16(19-20-22)17(23)21-8-4-6-14(10-21)13(2)18;/h3,5,7,9,11,13-14H,4,6,8,10,18H2,1-2H3;1H. The molecule has 0 aliphatic carbocycles. The van der Waals surface area contributed by atoms with Crippen LogP contribution < -0.4 is 5.73 Å². The normalized spacial score (nSPS) is 18.8. The Balaban J connectivity index is 0.00000208. The first-order chi connectivity index (χ1) is 11.0. The maximum atomic E-state index is 12.6. The zero-order chi connectivity index (χ0) is 16.4. The summed E-state index contributed by atoms with van der Waals surface area (Å²) in [6.45, 7) is 5.49. The van der Waals surface area contributed by atoms with Crippen molar-refractivity contribution in [2.75, 3.05) is 13.1 Å². The van der Waals surface area contributed by atoms with Crippen molar-refractivity contribution in [2.24, 2.45) is 11.7 Å². The SMILES string of the molecule is Cc1cccc(-n2cc(C(=O)N3CCCC(C(C)N)C3)nn2)c1.Cl. The van der Waals surface area contributed by atoms with E-state index in [0.717, 1.165) is 30.6 Å². The summed E-state index contributed by atoms with van der Waals surface area (Å²) in [5, 5.41) is 8.15. The van der Waals surface area contributed by atoms with E-state index >= 15 is 0 Å². The number of piperidine rings is 1. The molecule has 130 valence electrons. The van der Waals surface area contributed by atoms with Gasteiger partial charge in [0.05, 0.1) is 11.9 Å². The number of nitrogens with two attached hydrogens (primary N) is 1. The Morgan fingerprint density at radius 3 is 2.92 bits per heavy atom. The highest BCUT2D eigenvalue weighted by Crippen LogP contribution is 2.20. The van der Waals surface area contributed by atoms with E-state index in [2.05, 4.69) is 10.3 Å². The molecule has 2 atom stereocenters. The second-order valence-corrected chi connectivity index (χ2v) is 6.40. The monoisotopic (exact) mass is 349 g/mol. The Morgan fingerprint density at radius 1 is 1.42 bits per heavy atom. The average Bonchev–Trinajstić information content (AvgIpc) is 3.04. The summed E-state index contributed by atoms with van der Waals surface area (Å²) in [6, 6.07) is 8.05. The van der Waals surface area contributed by atoms with Crippen LogP contribution in [0.1, 0.15) is 35.8 Å². The van der Waals surface area contributed by atoms with E-state index in [0.29, 0.717) is 18.2 Å². The number of carbonyl (C=O) groups is 1. The van der Waals surface area contributed by atoms with Crippen molar-refractivity contribution in [1.29, 1.82) is 0 Å². The number of carbonyl (C=O) groups excluding carboxylic acids is 1. The number of benzene rings is 1. The van der Waals surface area contributed by atoms with Crippen LogP contribution >= 0.6 is 12.4 Å². The van der Waals surface area contributed by atoms with Crippen molar-refractivity contribution in [3.8, 4) is 5.69 Å². The molecule has 7 heteroatoms. The number of nitrogens with zero attached hydrogens (tertiary/aromatic N) is 4. The second kappa shape index (κ2) is 7.77. The van der Waals surface area contributed by atoms with Crippen LogP contribution in [-0.4, -0.2) is 44.9 Å². The van der Waals surface area contributed by atoms with Crippen LogP contribution in [0.4, 0.5) is 0 Å². The summed E-state index contributed by atoms with van der Waals surface area (Å²) in [7, 11) is 0. The number of hydrogen-bond acceptors (Lipinski definition) is 4. The van der Waals surface area contributed by atoms with Crippen LogP contribution in [0.5, 0.6) is 0 Å². The minimum atomic E-state index is -0.0609. The van der Waals surface area contributed by atoms with E-state index in [-0.39, 0.29) is 24.4 Å². The molecule has 24 heavy (non-hydrogen) atoms. The lowest BCUT2D eigenvalue weighted by Gasteiger charge is -2.34. The van der Waals surface area contributed by atoms with E-state index in [1.54, 1.807) is 10.9 Å². The van der Waals surface area contributed by atoms with Gasteiger partial charge in [-0.15, -0.1) is 17.5 Å². The zero-order valence-electron chi connectivity index (χ0n) is 14.1. The summed E-state index contributed by atoms with van der Waals surface area (Å²) in [5.41, 5.74) is 8.42. The molecule has 0 spiro atoms. The Labute approximate surface area is 148 Å². The molecular weight excluding hydrogens is 326 g/mol. The first-order valence-corrected chi connectivity index (χ1v) is 8.09. The third-order valence-electron chi connectivity index (χ3n) is 4.47. The molecule has 1 fully saturated rings. The van der Waals surface area contributed by atoms with Crippen molar-refractivity contribution in [2.45, 2.75) is 32.7 Å². The van der Waals surface area contributed by atoms with Gasteiger partial charge in [0.2, 0.25) is 0 Å². The van der Waals surface area contributed by atoms with E-state index in [9.17, 15) is 4.79 Å². The molecule has 1 aliphatic heterocycles. The Bertz CT molecular complexity index is 700. The van der Waals surface area contributed by atoms with E-state index in [4.69, 9.17) is 5.73 Å². The number of likely N-dealkylation sites (tertiary alicyclic amines) is 1. The van der Waals surface area contributed by atoms with Gasteiger partial charge in [0, 0.05) is 19.1 Å². The first-order valence-electron chi connectivity index (χ1n) is 8.09. The number of amides is 1. The summed E-state index contributed by atoms with van der Waals surface area (Å²) >= 11 is 0. The lowest BCUT2D eigenvalue weighted by Crippen LogP contribution is -2.45. The van der Waals surface area contributed by atoms with Crippen LogP contribution in [0.25, 0.3) is 5.69 Å². The van der Waals surface area contributed by atoms with Gasteiger partial charge in [-0.05, 0) is 50.3 Å². The summed E-state index contributed by atoms with van der Waals surface area (Å²) < 4.78 is 1.65. The van der Waals surface area contributed by atoms with Gasteiger partial charge in [-0.3, -0.25) is 4.79 Å². The van der Waals surface area contributed by atoms with Crippen LogP contribution in [-0.2, 0) is 0 Å². The molecule has 1 aromatic carbocycles. The number of aromatic nitrogens is 3. The Kier molecular flexibility index (Phi) is 5.96. The molecular formula is C17H24ClN5O. The smallest absolute Gasteiger partial charge is 0.276 e. The Morgan fingerprint density at radius 2 is 2.21 bits per heavy atom. The first kappa shape index (κ1) is 18.4. The van der Waals surface area contributed by atoms with Gasteiger partial charge in [-0.25, -0.2) is 4.68 Å². The molecule has 6 nitrogen and oxygen atoms in total. The van der Waals surface area contributed by atoms with Crippen molar-refractivity contribution in [3.63, 3.8) is 0 Å². The molecule has 1 aromatic heterocycles. The molecule has 2 N–H and O–H groups in total. The molecule has 0 saturated carbocycles. The van der Waals surface area contributed by atoms with Gasteiger partial charge in [0.1, 0.15) is 0 Å². The van der Waals surface area contributed by atoms with Gasteiger partial charge in [-0.2, -0.15) is 0 Å². The second-order valence-electron chi connectivity index (χ2n) is 6.40. The summed E-state index contributed by atoms with van der Waals surface area (Å²) in [6.07, 6.45) is 3.77. The van der Waals surface area contributed by atoms with E-state index in [1.807, 2.05) is 43.0 Å². The molecule has 0 radical (unpaired) electrons. The summed E-state index contributed by atoms with van der Waals surface area (Å²) in [5.74, 6) is 0.300. The number of hydrogen-bond donors (Lipinski definition) is 1. The quantitative estimate of drug-likeness (QED) is 0.921.